The van der Waals surface area contributed by atoms with Gasteiger partial charge < -0.3 is 0 Å². The van der Waals surface area contributed by atoms with Gasteiger partial charge in [0.2, 0.25) is 0 Å². The average Bonchev–Trinajstić information content (AvgIpc) is 1.89. The van der Waals surface area contributed by atoms with Gasteiger partial charge in [-0.15, -0.1) is 11.6 Å². The van der Waals surface area contributed by atoms with E-state index in [2.05, 4.69) is 0 Å². The molecule has 0 saturated carbocycles. The highest BCUT2D eigenvalue weighted by atomic mass is 35.5. The highest BCUT2D eigenvalue weighted by Crippen LogP contribution is 2.01. The number of hydrogen-bond acceptors (Lipinski definition) is 1. The van der Waals surface area contributed by atoms with Crippen molar-refractivity contribution in [1.82, 2.24) is 0 Å². The molecule has 0 aliphatic heterocycles. The van der Waals surface area contributed by atoms with E-state index in [1.54, 1.807) is 0 Å². The highest BCUT2D eigenvalue weighted by molar-refractivity contribution is 6.17. The van der Waals surface area contributed by atoms with Crippen LogP contribution in [0.1, 0.15) is 39.0 Å². The van der Waals surface area contributed by atoms with Gasteiger partial charge in [0.15, 0.2) is 0 Å². The molecule has 1 nitrogen and oxygen atoms in total. The maximum atomic E-state index is 10.9. The summed E-state index contributed by atoms with van der Waals surface area (Å²) >= 11 is 5.45. The molecule has 0 aliphatic rings. The number of hydrogen-bond donors (Lipinski definition) is 0. The predicted molar refractivity (Wildman–Crippen MR) is 44.5 cm³/mol. The molecule has 0 rings (SSSR count). The van der Waals surface area contributed by atoms with Gasteiger partial charge in [0.25, 0.3) is 0 Å². The molecule has 0 radical (unpaired) electrons. The normalized spacial score (nSPS) is 9.80. The Balaban J connectivity index is 3.05. The number of carbonyl (C=O) groups excluding carboxylic acids is 1. The first-order valence-electron chi connectivity index (χ1n) is 3.89. The fourth-order valence-corrected chi connectivity index (χ4v) is 1.01. The third-order valence-corrected chi connectivity index (χ3v) is 1.64. The van der Waals surface area contributed by atoms with Crippen molar-refractivity contribution in [2.45, 2.75) is 39.0 Å². The van der Waals surface area contributed by atoms with Crippen molar-refractivity contribution in [2.24, 2.45) is 0 Å². The van der Waals surface area contributed by atoms with Crippen molar-refractivity contribution in [3.8, 4) is 0 Å². The number of halogens is 1. The van der Waals surface area contributed by atoms with E-state index >= 15 is 0 Å². The molecule has 0 saturated heterocycles. The second-order valence-corrected chi connectivity index (χ2v) is 2.81. The summed E-state index contributed by atoms with van der Waals surface area (Å²) in [6, 6.07) is 0. The van der Waals surface area contributed by atoms with E-state index in [-0.39, 0.29) is 0 Å². The van der Waals surface area contributed by atoms with Crippen molar-refractivity contribution in [1.29, 1.82) is 0 Å². The Morgan fingerprint density at radius 3 is 2.50 bits per heavy atom. The third-order valence-electron chi connectivity index (χ3n) is 1.37. The molecular formula is C8H15ClO. The predicted octanol–water partition coefficient (Wildman–Crippen LogP) is 2.76. The maximum absolute atomic E-state index is 10.9. The number of Topliss-reactive ketones (excluding diaryl/α,β-unsaturated/α-hetero) is 1. The molecule has 0 aromatic carbocycles. The van der Waals surface area contributed by atoms with Gasteiger partial charge in [-0.25, -0.2) is 0 Å². The Hall–Kier alpha value is -0.0400. The van der Waals surface area contributed by atoms with Gasteiger partial charge in [0, 0.05) is 18.7 Å². The van der Waals surface area contributed by atoms with Crippen molar-refractivity contribution < 1.29 is 4.79 Å². The van der Waals surface area contributed by atoms with Crippen LogP contribution in [0.15, 0.2) is 0 Å². The minimum Gasteiger partial charge on any atom is -0.300 e. The van der Waals surface area contributed by atoms with E-state index in [0.717, 1.165) is 32.1 Å². The molecule has 0 aliphatic carbocycles. The maximum Gasteiger partial charge on any atom is 0.132 e. The summed E-state index contributed by atoms with van der Waals surface area (Å²) in [5.41, 5.74) is 0. The molecule has 0 heterocycles. The first kappa shape index (κ1) is 9.96. The number of unbranched alkanes of at least 4 members (excludes halogenated alkanes) is 1. The Bertz CT molecular complexity index is 91.3. The fraction of sp³-hybridized carbons (Fsp3) is 0.875. The zero-order valence-corrected chi connectivity index (χ0v) is 7.28. The largest absolute Gasteiger partial charge is 0.300 e. The summed E-state index contributed by atoms with van der Waals surface area (Å²) < 4.78 is 0. The number of alkyl halides is 1. The van der Waals surface area contributed by atoms with Gasteiger partial charge in [0.1, 0.15) is 5.78 Å². The van der Waals surface area contributed by atoms with Crippen LogP contribution in [0.3, 0.4) is 0 Å². The van der Waals surface area contributed by atoms with E-state index in [1.807, 2.05) is 6.92 Å². The Labute approximate surface area is 67.8 Å². The zero-order chi connectivity index (χ0) is 7.82. The lowest BCUT2D eigenvalue weighted by atomic mass is 10.1. The van der Waals surface area contributed by atoms with Crippen LogP contribution in [0.2, 0.25) is 0 Å². The number of ketones is 1. The summed E-state index contributed by atoms with van der Waals surface area (Å²) in [5.74, 6) is 1.06. The minimum atomic E-state index is 0.382. The van der Waals surface area contributed by atoms with Crippen molar-refractivity contribution in [3.05, 3.63) is 0 Å². The smallest absolute Gasteiger partial charge is 0.132 e. The van der Waals surface area contributed by atoms with Crippen LogP contribution in [0.4, 0.5) is 0 Å². The molecule has 60 valence electrons. The molecular weight excluding hydrogens is 148 g/mol. The molecule has 0 spiro atoms. The highest BCUT2D eigenvalue weighted by Gasteiger charge is 1.97. The molecule has 0 atom stereocenters. The van der Waals surface area contributed by atoms with E-state index in [0.29, 0.717) is 11.7 Å². The van der Waals surface area contributed by atoms with Crippen molar-refractivity contribution in [2.75, 3.05) is 5.88 Å². The second-order valence-electron chi connectivity index (χ2n) is 2.43. The van der Waals surface area contributed by atoms with Gasteiger partial charge in [-0.05, 0) is 19.3 Å². The molecule has 0 N–H and O–H groups in total. The Morgan fingerprint density at radius 2 is 2.00 bits per heavy atom. The van der Waals surface area contributed by atoms with Crippen LogP contribution in [-0.4, -0.2) is 11.7 Å². The molecule has 0 unspecified atom stereocenters. The molecule has 0 aromatic rings. The van der Waals surface area contributed by atoms with E-state index in [4.69, 9.17) is 11.6 Å². The summed E-state index contributed by atoms with van der Waals surface area (Å²) in [6.45, 7) is 2.03. The topological polar surface area (TPSA) is 17.1 Å². The Morgan fingerprint density at radius 1 is 1.30 bits per heavy atom. The van der Waals surface area contributed by atoms with Crippen LogP contribution in [-0.2, 0) is 4.79 Å². The quantitative estimate of drug-likeness (QED) is 0.434. The van der Waals surface area contributed by atoms with Gasteiger partial charge >= 0.3 is 0 Å². The van der Waals surface area contributed by atoms with E-state index in [1.165, 1.54) is 0 Å². The van der Waals surface area contributed by atoms with Gasteiger partial charge in [-0.2, -0.15) is 0 Å². The molecule has 0 bridgehead atoms. The fourth-order valence-electron chi connectivity index (χ4n) is 0.820. The summed E-state index contributed by atoms with van der Waals surface area (Å²) in [4.78, 5) is 10.9. The SMILES string of the molecule is CCCC(=O)CCCCCl. The minimum absolute atomic E-state index is 0.382. The van der Waals surface area contributed by atoms with Gasteiger partial charge in [-0.3, -0.25) is 4.79 Å². The van der Waals surface area contributed by atoms with Crippen LogP contribution in [0.5, 0.6) is 0 Å². The van der Waals surface area contributed by atoms with Crippen LogP contribution in [0.25, 0.3) is 0 Å². The van der Waals surface area contributed by atoms with Crippen molar-refractivity contribution >= 4 is 17.4 Å². The first-order chi connectivity index (χ1) is 4.81. The van der Waals surface area contributed by atoms with E-state index in [9.17, 15) is 4.79 Å². The Kier molecular flexibility index (Phi) is 7.04. The molecule has 0 amide bonds. The summed E-state index contributed by atoms with van der Waals surface area (Å²) in [6.07, 6.45) is 4.36. The molecule has 2 heteroatoms. The summed E-state index contributed by atoms with van der Waals surface area (Å²) in [5, 5.41) is 0. The lowest BCUT2D eigenvalue weighted by molar-refractivity contribution is -0.119. The first-order valence-corrected chi connectivity index (χ1v) is 4.42. The van der Waals surface area contributed by atoms with Crippen LogP contribution in [0, 0.1) is 0 Å². The summed E-state index contributed by atoms with van der Waals surface area (Å²) in [7, 11) is 0. The van der Waals surface area contributed by atoms with Crippen molar-refractivity contribution in [3.63, 3.8) is 0 Å². The second kappa shape index (κ2) is 7.07. The van der Waals surface area contributed by atoms with Gasteiger partial charge in [0.05, 0.1) is 0 Å². The third kappa shape index (κ3) is 6.09. The van der Waals surface area contributed by atoms with Crippen LogP contribution < -0.4 is 0 Å². The molecule has 0 fully saturated rings. The lowest BCUT2D eigenvalue weighted by Crippen LogP contribution is -1.96. The number of carbonyl (C=O) groups is 1. The van der Waals surface area contributed by atoms with Crippen LogP contribution >= 0.6 is 11.6 Å². The number of rotatable bonds is 6. The van der Waals surface area contributed by atoms with E-state index < -0.39 is 0 Å². The molecule has 0 aromatic heterocycles. The monoisotopic (exact) mass is 162 g/mol. The average molecular weight is 163 g/mol. The lowest BCUT2D eigenvalue weighted by Gasteiger charge is -1.95. The van der Waals surface area contributed by atoms with Gasteiger partial charge in [-0.1, -0.05) is 6.92 Å². The zero-order valence-electron chi connectivity index (χ0n) is 6.53. The standard InChI is InChI=1S/C8H15ClO/c1-2-5-8(10)6-3-4-7-9/h2-7H2,1H3. The molecule has 10 heavy (non-hydrogen) atoms.